The Hall–Kier alpha value is -1.29. The Bertz CT molecular complexity index is 391. The quantitative estimate of drug-likeness (QED) is 0.462. The van der Waals surface area contributed by atoms with Crippen LogP contribution < -0.4 is 0 Å². The van der Waals surface area contributed by atoms with Crippen LogP contribution in [0.1, 0.15) is 0 Å². The van der Waals surface area contributed by atoms with Gasteiger partial charge < -0.3 is 0 Å². The van der Waals surface area contributed by atoms with E-state index in [1.54, 1.807) is 0 Å². The molecule has 5 heteroatoms. The summed E-state index contributed by atoms with van der Waals surface area (Å²) in [4.78, 5) is 11.1. The molecule has 0 radical (unpaired) electrons. The van der Waals surface area contributed by atoms with Crippen molar-refractivity contribution >= 4 is 22.6 Å². The van der Waals surface area contributed by atoms with Crippen molar-refractivity contribution in [1.29, 1.82) is 0 Å². The third-order valence-electron chi connectivity index (χ3n) is 1.37. The van der Waals surface area contributed by atoms with Crippen molar-refractivity contribution in [3.05, 3.63) is 29.6 Å². The highest BCUT2D eigenvalue weighted by Gasteiger charge is 1.99. The average Bonchev–Trinajstić information content (AvgIpc) is 2.05. The van der Waals surface area contributed by atoms with Crippen LogP contribution in [0, 0.1) is 5.95 Å². The van der Waals surface area contributed by atoms with Gasteiger partial charge in [-0.3, -0.25) is 0 Å². The van der Waals surface area contributed by atoms with Gasteiger partial charge in [-0.15, -0.1) is 0 Å². The molecular formula is C7H3ClFN3. The lowest BCUT2D eigenvalue weighted by atomic mass is 10.4. The van der Waals surface area contributed by atoms with Gasteiger partial charge in [-0.1, -0.05) is 0 Å². The van der Waals surface area contributed by atoms with E-state index in [2.05, 4.69) is 15.0 Å². The lowest BCUT2D eigenvalue weighted by Gasteiger charge is -1.94. The summed E-state index contributed by atoms with van der Waals surface area (Å²) in [5.74, 6) is -0.548. The van der Waals surface area contributed by atoms with E-state index < -0.39 is 5.95 Å². The maximum Gasteiger partial charge on any atom is 0.223 e. The Balaban J connectivity index is 2.79. The van der Waals surface area contributed by atoms with Crippen LogP contribution in [0.4, 0.5) is 4.39 Å². The lowest BCUT2D eigenvalue weighted by Crippen LogP contribution is -1.88. The molecule has 0 aromatic carbocycles. The van der Waals surface area contributed by atoms with Crippen molar-refractivity contribution in [1.82, 2.24) is 15.0 Å². The number of hydrogen-bond donors (Lipinski definition) is 0. The van der Waals surface area contributed by atoms with Crippen molar-refractivity contribution in [3.8, 4) is 0 Å². The van der Waals surface area contributed by atoms with Gasteiger partial charge in [0.2, 0.25) is 11.2 Å². The molecule has 2 heterocycles. The highest BCUT2D eigenvalue weighted by atomic mass is 35.5. The SMILES string of the molecule is Fc1ccc2nc(Cl)ncc2n1. The van der Waals surface area contributed by atoms with E-state index in [-0.39, 0.29) is 5.28 Å². The van der Waals surface area contributed by atoms with Gasteiger partial charge in [0.25, 0.3) is 0 Å². The second-order valence-corrected chi connectivity index (χ2v) is 2.52. The Labute approximate surface area is 72.2 Å². The van der Waals surface area contributed by atoms with Gasteiger partial charge in [-0.05, 0) is 23.7 Å². The highest BCUT2D eigenvalue weighted by molar-refractivity contribution is 6.28. The number of nitrogens with zero attached hydrogens (tertiary/aromatic N) is 3. The summed E-state index contributed by atoms with van der Waals surface area (Å²) >= 11 is 5.51. The maximum atomic E-state index is 12.5. The number of hydrogen-bond acceptors (Lipinski definition) is 3. The molecule has 3 nitrogen and oxygen atoms in total. The molecule has 0 spiro atoms. The van der Waals surface area contributed by atoms with Gasteiger partial charge in [0.1, 0.15) is 5.52 Å². The Morgan fingerprint density at radius 2 is 2.00 bits per heavy atom. The van der Waals surface area contributed by atoms with Crippen LogP contribution in [0.2, 0.25) is 5.28 Å². The first-order valence-corrected chi connectivity index (χ1v) is 3.58. The second-order valence-electron chi connectivity index (χ2n) is 2.18. The van der Waals surface area contributed by atoms with E-state index in [0.29, 0.717) is 11.0 Å². The van der Waals surface area contributed by atoms with E-state index in [1.165, 1.54) is 18.3 Å². The summed E-state index contributed by atoms with van der Waals surface area (Å²) in [6, 6.07) is 2.73. The summed E-state index contributed by atoms with van der Waals surface area (Å²) in [5.41, 5.74) is 0.941. The van der Waals surface area contributed by atoms with E-state index in [9.17, 15) is 4.39 Å². The summed E-state index contributed by atoms with van der Waals surface area (Å²) < 4.78 is 12.5. The normalized spacial score (nSPS) is 10.5. The molecule has 0 saturated heterocycles. The van der Waals surface area contributed by atoms with Gasteiger partial charge in [0.15, 0.2) is 0 Å². The van der Waals surface area contributed by atoms with Crippen molar-refractivity contribution in [2.45, 2.75) is 0 Å². The topological polar surface area (TPSA) is 38.7 Å². The molecule has 60 valence electrons. The van der Waals surface area contributed by atoms with Gasteiger partial charge in [-0.2, -0.15) is 4.39 Å². The zero-order valence-corrected chi connectivity index (χ0v) is 6.59. The van der Waals surface area contributed by atoms with Crippen molar-refractivity contribution in [2.75, 3.05) is 0 Å². The van der Waals surface area contributed by atoms with Crippen molar-refractivity contribution in [2.24, 2.45) is 0 Å². The molecule has 2 aromatic heterocycles. The number of fused-ring (bicyclic) bond motifs is 1. The monoisotopic (exact) mass is 183 g/mol. The van der Waals surface area contributed by atoms with Gasteiger partial charge in [0, 0.05) is 0 Å². The van der Waals surface area contributed by atoms with E-state index in [1.807, 2.05) is 0 Å². The molecule has 0 aliphatic rings. The number of aromatic nitrogens is 3. The van der Waals surface area contributed by atoms with E-state index in [4.69, 9.17) is 11.6 Å². The average molecular weight is 184 g/mol. The van der Waals surface area contributed by atoms with Crippen LogP contribution in [0.3, 0.4) is 0 Å². The summed E-state index contributed by atoms with van der Waals surface area (Å²) in [5, 5.41) is 0.135. The van der Waals surface area contributed by atoms with Gasteiger partial charge in [0.05, 0.1) is 11.7 Å². The van der Waals surface area contributed by atoms with Crippen molar-refractivity contribution < 1.29 is 4.39 Å². The molecule has 2 rings (SSSR count). The summed E-state index contributed by atoms with van der Waals surface area (Å²) in [7, 11) is 0. The van der Waals surface area contributed by atoms with Crippen LogP contribution in [0.25, 0.3) is 11.0 Å². The second kappa shape index (κ2) is 2.64. The van der Waals surface area contributed by atoms with E-state index in [0.717, 1.165) is 0 Å². The van der Waals surface area contributed by atoms with Gasteiger partial charge in [-0.25, -0.2) is 15.0 Å². The fraction of sp³-hybridized carbons (Fsp3) is 0. The molecule has 0 N–H and O–H groups in total. The van der Waals surface area contributed by atoms with Crippen LogP contribution in [-0.4, -0.2) is 15.0 Å². The largest absolute Gasteiger partial charge is 0.224 e. The Kier molecular flexibility index (Phi) is 1.62. The molecule has 12 heavy (non-hydrogen) atoms. The first kappa shape index (κ1) is 7.36. The molecule has 0 saturated carbocycles. The smallest absolute Gasteiger partial charge is 0.223 e. The van der Waals surface area contributed by atoms with Crippen LogP contribution in [0.15, 0.2) is 18.3 Å². The minimum atomic E-state index is -0.548. The first-order valence-electron chi connectivity index (χ1n) is 3.20. The van der Waals surface area contributed by atoms with Crippen LogP contribution >= 0.6 is 11.6 Å². The highest BCUT2D eigenvalue weighted by Crippen LogP contribution is 2.10. The third-order valence-corrected chi connectivity index (χ3v) is 1.56. The maximum absolute atomic E-state index is 12.5. The fourth-order valence-corrected chi connectivity index (χ4v) is 1.01. The van der Waals surface area contributed by atoms with Gasteiger partial charge >= 0.3 is 0 Å². The molecule has 0 amide bonds. The molecule has 0 unspecified atom stereocenters. The summed E-state index contributed by atoms with van der Waals surface area (Å²) in [6.45, 7) is 0. The number of rotatable bonds is 0. The molecular weight excluding hydrogens is 181 g/mol. The Morgan fingerprint density at radius 3 is 2.83 bits per heavy atom. The molecule has 0 aliphatic carbocycles. The zero-order chi connectivity index (χ0) is 8.55. The minimum absolute atomic E-state index is 0.135. The standard InChI is InChI=1S/C7H3ClFN3/c8-7-10-3-5-4(12-7)1-2-6(9)11-5/h1-3H. The number of pyridine rings is 1. The predicted octanol–water partition coefficient (Wildman–Crippen LogP) is 1.82. The van der Waals surface area contributed by atoms with E-state index >= 15 is 0 Å². The summed E-state index contributed by atoms with van der Waals surface area (Å²) in [6.07, 6.45) is 1.38. The molecule has 2 aromatic rings. The molecule has 0 atom stereocenters. The predicted molar refractivity (Wildman–Crippen MR) is 42.3 cm³/mol. The fourth-order valence-electron chi connectivity index (χ4n) is 0.875. The zero-order valence-electron chi connectivity index (χ0n) is 5.83. The lowest BCUT2D eigenvalue weighted by molar-refractivity contribution is 0.588. The Morgan fingerprint density at radius 1 is 1.17 bits per heavy atom. The number of halogens is 2. The van der Waals surface area contributed by atoms with Crippen LogP contribution in [0.5, 0.6) is 0 Å². The van der Waals surface area contributed by atoms with Crippen LogP contribution in [-0.2, 0) is 0 Å². The molecule has 0 fully saturated rings. The molecule has 0 bridgehead atoms. The van der Waals surface area contributed by atoms with Crippen molar-refractivity contribution in [3.63, 3.8) is 0 Å². The minimum Gasteiger partial charge on any atom is -0.224 e. The molecule has 0 aliphatic heterocycles. The first-order chi connectivity index (χ1) is 5.75. The third kappa shape index (κ3) is 1.21.